The van der Waals surface area contributed by atoms with E-state index in [2.05, 4.69) is 6.58 Å². The second kappa shape index (κ2) is 8.94. The summed E-state index contributed by atoms with van der Waals surface area (Å²) in [4.78, 5) is 0. The van der Waals surface area contributed by atoms with E-state index in [-0.39, 0.29) is 26.1 Å². The lowest BCUT2D eigenvalue weighted by atomic mass is 9.78. The van der Waals surface area contributed by atoms with Gasteiger partial charge in [-0.25, -0.2) is 0 Å². The van der Waals surface area contributed by atoms with E-state index < -0.39 is 11.7 Å². The van der Waals surface area contributed by atoms with Gasteiger partial charge in [0.2, 0.25) is 6.79 Å². The number of methoxy groups -OCH3 is 1. The Bertz CT molecular complexity index is 562. The third-order valence-corrected chi connectivity index (χ3v) is 4.44. The molecule has 0 saturated heterocycles. The molecule has 1 aromatic rings. The Morgan fingerprint density at radius 1 is 1.44 bits per heavy atom. The smallest absolute Gasteiger partial charge is 0.230 e. The maximum Gasteiger partial charge on any atom is 0.230 e. The molecule has 0 spiro atoms. The first-order chi connectivity index (χ1) is 12.0. The first kappa shape index (κ1) is 19.4. The maximum absolute atomic E-state index is 10.3. The van der Waals surface area contributed by atoms with E-state index in [0.29, 0.717) is 23.9 Å². The van der Waals surface area contributed by atoms with Crippen molar-refractivity contribution in [2.75, 3.05) is 33.9 Å². The molecule has 0 amide bonds. The van der Waals surface area contributed by atoms with Crippen molar-refractivity contribution in [2.24, 2.45) is 11.3 Å². The van der Waals surface area contributed by atoms with E-state index in [0.717, 1.165) is 0 Å². The van der Waals surface area contributed by atoms with Crippen molar-refractivity contribution in [1.82, 2.24) is 0 Å². The van der Waals surface area contributed by atoms with Gasteiger partial charge in [0.1, 0.15) is 5.75 Å². The Hall–Kier alpha value is -1.96. The van der Waals surface area contributed by atoms with Crippen LogP contribution in [0.5, 0.6) is 17.2 Å². The Morgan fingerprint density at radius 2 is 2.24 bits per heavy atom. The SMILES string of the molecule is C=COCOc1cc2ccc1OCC(C)C(C)(C(O)OC)COCO2. The summed E-state index contributed by atoms with van der Waals surface area (Å²) in [5.41, 5.74) is -0.665. The quantitative estimate of drug-likeness (QED) is 0.478. The van der Waals surface area contributed by atoms with Crippen molar-refractivity contribution in [1.29, 1.82) is 0 Å². The predicted octanol–water partition coefficient (Wildman–Crippen LogP) is 2.54. The highest BCUT2D eigenvalue weighted by Crippen LogP contribution is 2.36. The summed E-state index contributed by atoms with van der Waals surface area (Å²) in [5, 5.41) is 10.3. The summed E-state index contributed by atoms with van der Waals surface area (Å²) < 4.78 is 32.8. The van der Waals surface area contributed by atoms with Gasteiger partial charge in [-0.3, -0.25) is 0 Å². The van der Waals surface area contributed by atoms with Crippen LogP contribution in [-0.2, 0) is 14.2 Å². The van der Waals surface area contributed by atoms with Gasteiger partial charge in [-0.1, -0.05) is 20.4 Å². The average molecular weight is 354 g/mol. The lowest BCUT2D eigenvalue weighted by Gasteiger charge is -2.38. The van der Waals surface area contributed by atoms with E-state index in [4.69, 9.17) is 28.4 Å². The molecule has 3 rings (SSSR count). The second-order valence-corrected chi connectivity index (χ2v) is 6.12. The lowest BCUT2D eigenvalue weighted by molar-refractivity contribution is -0.199. The summed E-state index contributed by atoms with van der Waals surface area (Å²) in [5.74, 6) is 1.55. The molecule has 0 saturated carbocycles. The fraction of sp³-hybridized carbons (Fsp3) is 0.556. The number of aliphatic hydroxyl groups is 1. The Labute approximate surface area is 148 Å². The topological polar surface area (TPSA) is 75.6 Å². The molecule has 1 N–H and O–H groups in total. The van der Waals surface area contributed by atoms with Crippen molar-refractivity contribution in [2.45, 2.75) is 20.1 Å². The third kappa shape index (κ3) is 4.78. The monoisotopic (exact) mass is 354 g/mol. The molecule has 7 heteroatoms. The van der Waals surface area contributed by atoms with E-state index in [1.807, 2.05) is 13.8 Å². The number of fused-ring (bicyclic) bond motifs is 9. The van der Waals surface area contributed by atoms with Gasteiger partial charge in [-0.05, 0) is 12.1 Å². The molecule has 0 fully saturated rings. The summed E-state index contributed by atoms with van der Waals surface area (Å²) in [6.45, 7) is 7.98. The molecule has 2 aliphatic rings. The van der Waals surface area contributed by atoms with Crippen molar-refractivity contribution in [3.8, 4) is 17.2 Å². The normalized spacial score (nSPS) is 24.9. The molecule has 0 aliphatic carbocycles. The zero-order chi connectivity index (χ0) is 18.3. The highest BCUT2D eigenvalue weighted by molar-refractivity contribution is 5.45. The van der Waals surface area contributed by atoms with Crippen molar-refractivity contribution in [3.63, 3.8) is 0 Å². The molecule has 0 aromatic heterocycles. The first-order valence-corrected chi connectivity index (χ1v) is 8.05. The van der Waals surface area contributed by atoms with Crippen LogP contribution in [0.15, 0.2) is 31.0 Å². The maximum atomic E-state index is 10.3. The number of hydrogen-bond donors (Lipinski definition) is 1. The van der Waals surface area contributed by atoms with E-state index >= 15 is 0 Å². The largest absolute Gasteiger partial charge is 0.489 e. The Morgan fingerprint density at radius 3 is 2.96 bits per heavy atom. The molecule has 7 nitrogen and oxygen atoms in total. The van der Waals surface area contributed by atoms with Crippen LogP contribution in [0.3, 0.4) is 0 Å². The van der Waals surface area contributed by atoms with Crippen LogP contribution in [0.1, 0.15) is 13.8 Å². The van der Waals surface area contributed by atoms with Gasteiger partial charge >= 0.3 is 0 Å². The zero-order valence-corrected chi connectivity index (χ0v) is 14.9. The Balaban J connectivity index is 2.21. The summed E-state index contributed by atoms with van der Waals surface area (Å²) in [6, 6.07) is 5.24. The molecule has 3 atom stereocenters. The number of hydrogen-bond acceptors (Lipinski definition) is 7. The zero-order valence-electron chi connectivity index (χ0n) is 14.9. The number of ether oxygens (including phenoxy) is 6. The highest BCUT2D eigenvalue weighted by atomic mass is 16.7. The van der Waals surface area contributed by atoms with Crippen LogP contribution in [0, 0.1) is 11.3 Å². The number of aliphatic hydroxyl groups excluding tert-OH is 1. The molecule has 2 bridgehead atoms. The molecular formula is C18H26O7. The van der Waals surface area contributed by atoms with Gasteiger partial charge < -0.3 is 33.5 Å². The minimum absolute atomic E-state index is 0.00940. The molecule has 2 heterocycles. The van der Waals surface area contributed by atoms with Crippen LogP contribution in [0.25, 0.3) is 0 Å². The van der Waals surface area contributed by atoms with Gasteiger partial charge in [0.25, 0.3) is 0 Å². The molecule has 140 valence electrons. The van der Waals surface area contributed by atoms with Crippen LogP contribution >= 0.6 is 0 Å². The van der Waals surface area contributed by atoms with Gasteiger partial charge in [0, 0.05) is 24.5 Å². The van der Waals surface area contributed by atoms with Gasteiger partial charge in [0.05, 0.1) is 19.5 Å². The van der Waals surface area contributed by atoms with E-state index in [9.17, 15) is 5.11 Å². The molecule has 0 radical (unpaired) electrons. The molecule has 3 unspecified atom stereocenters. The highest BCUT2D eigenvalue weighted by Gasteiger charge is 2.40. The minimum atomic E-state index is -0.994. The molecule has 25 heavy (non-hydrogen) atoms. The fourth-order valence-corrected chi connectivity index (χ4v) is 2.46. The van der Waals surface area contributed by atoms with Crippen molar-refractivity contribution in [3.05, 3.63) is 31.0 Å². The third-order valence-electron chi connectivity index (χ3n) is 4.44. The number of rotatable bonds is 6. The van der Waals surface area contributed by atoms with Gasteiger partial charge in [-0.2, -0.15) is 0 Å². The van der Waals surface area contributed by atoms with E-state index in [1.54, 1.807) is 18.2 Å². The van der Waals surface area contributed by atoms with Crippen LogP contribution in [0.2, 0.25) is 0 Å². The molecule has 1 aromatic carbocycles. The fourth-order valence-electron chi connectivity index (χ4n) is 2.46. The van der Waals surface area contributed by atoms with Gasteiger partial charge in [-0.15, -0.1) is 0 Å². The van der Waals surface area contributed by atoms with Crippen molar-refractivity contribution < 1.29 is 33.5 Å². The van der Waals surface area contributed by atoms with Crippen LogP contribution in [-0.4, -0.2) is 45.3 Å². The second-order valence-electron chi connectivity index (χ2n) is 6.12. The average Bonchev–Trinajstić information content (AvgIpc) is 2.62. The first-order valence-electron chi connectivity index (χ1n) is 8.05. The summed E-state index contributed by atoms with van der Waals surface area (Å²) in [6.07, 6.45) is 0.304. The summed E-state index contributed by atoms with van der Waals surface area (Å²) >= 11 is 0. The van der Waals surface area contributed by atoms with Crippen LogP contribution in [0.4, 0.5) is 0 Å². The minimum Gasteiger partial charge on any atom is -0.489 e. The predicted molar refractivity (Wildman–Crippen MR) is 90.4 cm³/mol. The standard InChI is InChI=1S/C18H26O7/c1-5-21-11-25-16-8-14-6-7-15(16)23-9-13(2)18(3,17(19)20-4)10-22-12-24-14/h5-8,13,17,19H,1,9-12H2,2-4H3. The number of benzene rings is 1. The van der Waals surface area contributed by atoms with Crippen molar-refractivity contribution >= 4 is 0 Å². The van der Waals surface area contributed by atoms with E-state index in [1.165, 1.54) is 13.4 Å². The summed E-state index contributed by atoms with van der Waals surface area (Å²) in [7, 11) is 1.46. The molecular weight excluding hydrogens is 328 g/mol. The van der Waals surface area contributed by atoms with Gasteiger partial charge in [0.15, 0.2) is 24.6 Å². The molecule has 2 aliphatic heterocycles. The van der Waals surface area contributed by atoms with Crippen LogP contribution < -0.4 is 14.2 Å². The Kier molecular flexibility index (Phi) is 6.92. The lowest BCUT2D eigenvalue weighted by Crippen LogP contribution is -2.45.